The van der Waals surface area contributed by atoms with Crippen molar-refractivity contribution in [3.63, 3.8) is 0 Å². The fourth-order valence-electron chi connectivity index (χ4n) is 3.76. The molecule has 5 heteroatoms. The third kappa shape index (κ3) is 3.29. The molecule has 28 heavy (non-hydrogen) atoms. The Morgan fingerprint density at radius 1 is 1.32 bits per heavy atom. The van der Waals surface area contributed by atoms with Crippen LogP contribution in [0.15, 0.2) is 47.1 Å². The number of esters is 1. The van der Waals surface area contributed by atoms with Gasteiger partial charge < -0.3 is 9.15 Å². The molecule has 0 saturated carbocycles. The highest BCUT2D eigenvalue weighted by Gasteiger charge is 2.29. The maximum absolute atomic E-state index is 13.0. The minimum absolute atomic E-state index is 0.344. The first-order valence-electron chi connectivity index (χ1n) is 9.33. The molecule has 0 fully saturated rings. The molecule has 4 rings (SSSR count). The summed E-state index contributed by atoms with van der Waals surface area (Å²) in [4.78, 5) is 17.9. The van der Waals surface area contributed by atoms with E-state index < -0.39 is 12.1 Å². The van der Waals surface area contributed by atoms with Crippen LogP contribution in [0.4, 0.5) is 0 Å². The Bertz CT molecular complexity index is 1110. The number of nitriles is 1. The summed E-state index contributed by atoms with van der Waals surface area (Å²) in [5.74, 6) is 0.624. The molecular formula is C23H20N2O3. The van der Waals surface area contributed by atoms with E-state index in [0.717, 1.165) is 46.3 Å². The van der Waals surface area contributed by atoms with E-state index >= 15 is 0 Å². The largest absolute Gasteiger partial charge is 0.465 e. The maximum atomic E-state index is 13.0. The second-order valence-corrected chi connectivity index (χ2v) is 7.21. The van der Waals surface area contributed by atoms with E-state index in [1.54, 1.807) is 13.2 Å². The topological polar surface area (TPSA) is 76.1 Å². The lowest BCUT2D eigenvalue weighted by Gasteiger charge is -2.26. The molecule has 0 aliphatic heterocycles. The third-order valence-corrected chi connectivity index (χ3v) is 4.95. The molecule has 1 aliphatic carbocycles. The Balaban J connectivity index is 1.95. The van der Waals surface area contributed by atoms with Crippen LogP contribution in [0.25, 0.3) is 22.6 Å². The van der Waals surface area contributed by atoms with Crippen molar-refractivity contribution in [2.75, 3.05) is 0 Å². The second-order valence-electron chi connectivity index (χ2n) is 7.21. The number of furan rings is 1. The molecule has 3 aromatic rings. The fourth-order valence-corrected chi connectivity index (χ4v) is 3.76. The Morgan fingerprint density at radius 3 is 2.89 bits per heavy atom. The molecular weight excluding hydrogens is 352 g/mol. The van der Waals surface area contributed by atoms with Crippen molar-refractivity contribution in [3.8, 4) is 6.07 Å². The van der Waals surface area contributed by atoms with Crippen LogP contribution in [-0.2, 0) is 11.2 Å². The molecule has 0 saturated heterocycles. The van der Waals surface area contributed by atoms with Crippen molar-refractivity contribution in [3.05, 3.63) is 65.2 Å². The summed E-state index contributed by atoms with van der Waals surface area (Å²) < 4.78 is 10.9. The number of allylic oxidation sites excluding steroid dienone is 1. The zero-order chi connectivity index (χ0) is 19.7. The number of ether oxygens (including phenoxy) is 1. The van der Waals surface area contributed by atoms with Gasteiger partial charge in [-0.15, -0.1) is 0 Å². The molecule has 0 unspecified atom stereocenters. The summed E-state index contributed by atoms with van der Waals surface area (Å²) in [7, 11) is 0. The van der Waals surface area contributed by atoms with Crippen LogP contribution in [0.1, 0.15) is 47.6 Å². The van der Waals surface area contributed by atoms with Gasteiger partial charge in [-0.25, -0.2) is 9.78 Å². The summed E-state index contributed by atoms with van der Waals surface area (Å²) in [5.41, 5.74) is 3.98. The molecule has 0 radical (unpaired) electrons. The number of hydrogen-bond donors (Lipinski definition) is 0. The average Bonchev–Trinajstić information content (AvgIpc) is 3.19. The Kier molecular flexibility index (Phi) is 4.70. The van der Waals surface area contributed by atoms with Crippen LogP contribution >= 0.6 is 0 Å². The predicted molar refractivity (Wildman–Crippen MR) is 106 cm³/mol. The Hall–Kier alpha value is -3.39. The van der Waals surface area contributed by atoms with Gasteiger partial charge in [0.05, 0.1) is 23.0 Å². The molecule has 0 bridgehead atoms. The summed E-state index contributed by atoms with van der Waals surface area (Å²) in [6.07, 6.45) is 4.40. The minimum Gasteiger partial charge on any atom is -0.465 e. The summed E-state index contributed by atoms with van der Waals surface area (Å²) >= 11 is 0. The number of para-hydroxylation sites is 1. The molecule has 140 valence electrons. The van der Waals surface area contributed by atoms with Crippen LogP contribution in [0.2, 0.25) is 0 Å². The number of nitrogens with zero attached hydrogens (tertiary/aromatic N) is 2. The van der Waals surface area contributed by atoms with E-state index in [9.17, 15) is 4.79 Å². The van der Waals surface area contributed by atoms with Crippen molar-refractivity contribution in [1.29, 1.82) is 5.26 Å². The summed E-state index contributed by atoms with van der Waals surface area (Å²) in [5, 5.41) is 9.80. The highest BCUT2D eigenvalue weighted by atomic mass is 16.5. The van der Waals surface area contributed by atoms with Gasteiger partial charge in [-0.05, 0) is 61.1 Å². The quantitative estimate of drug-likeness (QED) is 0.603. The first kappa shape index (κ1) is 18.0. The number of hydrogen-bond acceptors (Lipinski definition) is 5. The highest BCUT2D eigenvalue weighted by Crippen LogP contribution is 2.38. The van der Waals surface area contributed by atoms with Gasteiger partial charge in [-0.1, -0.05) is 25.1 Å². The van der Waals surface area contributed by atoms with E-state index in [2.05, 4.69) is 6.92 Å². The van der Waals surface area contributed by atoms with E-state index in [4.69, 9.17) is 19.4 Å². The zero-order valence-corrected chi connectivity index (χ0v) is 15.8. The predicted octanol–water partition coefficient (Wildman–Crippen LogP) is 5.02. The van der Waals surface area contributed by atoms with Gasteiger partial charge in [-0.3, -0.25) is 0 Å². The normalized spacial score (nSPS) is 18.5. The Labute approximate surface area is 163 Å². The lowest BCUT2D eigenvalue weighted by molar-refractivity contribution is 0.0436. The first-order valence-corrected chi connectivity index (χ1v) is 9.33. The lowest BCUT2D eigenvalue weighted by atomic mass is 9.81. The third-order valence-electron chi connectivity index (χ3n) is 4.95. The van der Waals surface area contributed by atoms with Crippen LogP contribution in [0.3, 0.4) is 0 Å². The molecule has 2 heterocycles. The molecule has 0 N–H and O–H groups in total. The van der Waals surface area contributed by atoms with E-state index in [-0.39, 0.29) is 0 Å². The van der Waals surface area contributed by atoms with E-state index in [0.29, 0.717) is 11.5 Å². The number of rotatable bonds is 3. The Morgan fingerprint density at radius 2 is 2.14 bits per heavy atom. The molecule has 2 atom stereocenters. The van der Waals surface area contributed by atoms with Gasteiger partial charge in [-0.2, -0.15) is 5.26 Å². The number of pyridine rings is 1. The van der Waals surface area contributed by atoms with Crippen molar-refractivity contribution in [2.24, 2.45) is 5.92 Å². The number of fused-ring (bicyclic) bond motifs is 2. The van der Waals surface area contributed by atoms with Gasteiger partial charge >= 0.3 is 5.97 Å². The molecule has 2 aromatic heterocycles. The SMILES string of the molecule is C[C@@H]1CC(=Cc2ccco2)c2nc3ccccc3c(C(=O)O[C@@H](C)C#N)c2C1. The van der Waals surface area contributed by atoms with Gasteiger partial charge in [0.1, 0.15) is 11.8 Å². The van der Waals surface area contributed by atoms with E-state index in [1.807, 2.05) is 48.5 Å². The van der Waals surface area contributed by atoms with Crippen molar-refractivity contribution < 1.29 is 13.9 Å². The highest BCUT2D eigenvalue weighted by molar-refractivity contribution is 6.06. The molecule has 0 spiro atoms. The molecule has 5 nitrogen and oxygen atoms in total. The standard InChI is InChI=1S/C23H20N2O3/c1-14-10-16(12-17-6-5-9-27-17)22-19(11-14)21(23(26)28-15(2)13-24)18-7-3-4-8-20(18)25-22/h3-9,12,14-15H,10-11H2,1-2H3/t14-,15+/m1/s1. The smallest absolute Gasteiger partial charge is 0.340 e. The number of carbonyl (C=O) groups excluding carboxylic acids is 1. The van der Waals surface area contributed by atoms with Gasteiger partial charge in [0.2, 0.25) is 0 Å². The van der Waals surface area contributed by atoms with Crippen molar-refractivity contribution >= 4 is 28.5 Å². The molecule has 1 aliphatic rings. The number of benzene rings is 1. The van der Waals surface area contributed by atoms with Crippen LogP contribution in [0.5, 0.6) is 0 Å². The molecule has 0 amide bonds. The van der Waals surface area contributed by atoms with Crippen molar-refractivity contribution in [1.82, 2.24) is 4.98 Å². The van der Waals surface area contributed by atoms with Crippen LogP contribution in [0, 0.1) is 17.2 Å². The zero-order valence-electron chi connectivity index (χ0n) is 15.8. The van der Waals surface area contributed by atoms with Crippen LogP contribution < -0.4 is 0 Å². The van der Waals surface area contributed by atoms with Gasteiger partial charge in [0.15, 0.2) is 6.10 Å². The summed E-state index contributed by atoms with van der Waals surface area (Å²) in [6.45, 7) is 3.72. The number of aromatic nitrogens is 1. The number of carbonyl (C=O) groups is 1. The lowest BCUT2D eigenvalue weighted by Crippen LogP contribution is -2.21. The minimum atomic E-state index is -0.811. The van der Waals surface area contributed by atoms with Crippen molar-refractivity contribution in [2.45, 2.75) is 32.8 Å². The monoisotopic (exact) mass is 372 g/mol. The summed E-state index contributed by atoms with van der Waals surface area (Å²) in [6, 6.07) is 13.3. The average molecular weight is 372 g/mol. The van der Waals surface area contributed by atoms with Gasteiger partial charge in [0.25, 0.3) is 0 Å². The second kappa shape index (κ2) is 7.32. The van der Waals surface area contributed by atoms with E-state index in [1.165, 1.54) is 0 Å². The first-order chi connectivity index (χ1) is 13.6. The van der Waals surface area contributed by atoms with Gasteiger partial charge in [0, 0.05) is 5.39 Å². The molecule has 1 aromatic carbocycles. The maximum Gasteiger partial charge on any atom is 0.340 e. The van der Waals surface area contributed by atoms with Crippen LogP contribution in [-0.4, -0.2) is 17.1 Å². The fraction of sp³-hybridized carbons (Fsp3) is 0.261.